The number of pyridine rings is 1. The largest absolute Gasteiger partial charge is 0.489 e. The minimum atomic E-state index is 0.273. The highest BCUT2D eigenvalue weighted by Gasteiger charge is 2.17. The minimum Gasteiger partial charge on any atom is -0.489 e. The zero-order chi connectivity index (χ0) is 22.9. The molecule has 1 fully saturated rings. The molecule has 3 rings (SSSR count). The average molecular weight is 442 g/mol. The van der Waals surface area contributed by atoms with E-state index in [1.807, 2.05) is 26.0 Å². The van der Waals surface area contributed by atoms with Crippen molar-refractivity contribution in [1.82, 2.24) is 20.0 Å². The first-order valence-electron chi connectivity index (χ1n) is 11.3. The second-order valence-corrected chi connectivity index (χ2v) is 8.05. The molecule has 9 heteroatoms. The van der Waals surface area contributed by atoms with Gasteiger partial charge in [-0.1, -0.05) is 13.3 Å². The topological polar surface area (TPSA) is 124 Å². The zero-order valence-corrected chi connectivity index (χ0v) is 19.3. The third-order valence-corrected chi connectivity index (χ3v) is 5.39. The standard InChI is InChI=1S/C23H35N7O2/c1-4-14-31-21-12-13-26-23(29-21)27-15-19(30(3)25)22(24)18-10-11-20(16(2)28-18)32-17-8-6-5-7-9-17/h10-13,17H,4-9,14-15,24-25H2,1-3H3,(H,26,27,29)/b22-19-. The van der Waals surface area contributed by atoms with Crippen molar-refractivity contribution in [3.63, 3.8) is 0 Å². The normalized spacial score (nSPS) is 15.1. The second kappa shape index (κ2) is 11.5. The Bertz CT molecular complexity index is 911. The van der Waals surface area contributed by atoms with Crippen molar-refractivity contribution in [1.29, 1.82) is 0 Å². The summed E-state index contributed by atoms with van der Waals surface area (Å²) in [4.78, 5) is 13.3. The summed E-state index contributed by atoms with van der Waals surface area (Å²) in [5, 5.41) is 4.63. The molecule has 0 aliphatic heterocycles. The number of hydrogen-bond acceptors (Lipinski definition) is 9. The second-order valence-electron chi connectivity index (χ2n) is 8.05. The number of aryl methyl sites for hydroxylation is 1. The van der Waals surface area contributed by atoms with Gasteiger partial charge < -0.3 is 25.5 Å². The Balaban J connectivity index is 1.72. The summed E-state index contributed by atoms with van der Waals surface area (Å²) in [5.41, 5.74) is 9.06. The van der Waals surface area contributed by atoms with Crippen LogP contribution >= 0.6 is 0 Å². The maximum atomic E-state index is 6.45. The molecule has 1 aliphatic carbocycles. The molecule has 0 atom stereocenters. The number of aromatic nitrogens is 3. The third kappa shape index (κ3) is 6.46. The van der Waals surface area contributed by atoms with Gasteiger partial charge in [0.15, 0.2) is 0 Å². The number of nitrogens with one attached hydrogen (secondary N) is 1. The number of likely N-dealkylation sites (N-methyl/N-ethyl adjacent to an activating group) is 1. The van der Waals surface area contributed by atoms with Crippen molar-refractivity contribution in [2.24, 2.45) is 11.6 Å². The predicted molar refractivity (Wildman–Crippen MR) is 126 cm³/mol. The molecule has 1 saturated carbocycles. The molecular formula is C23H35N7O2. The van der Waals surface area contributed by atoms with E-state index >= 15 is 0 Å². The Labute approximate surface area is 190 Å². The van der Waals surface area contributed by atoms with Crippen molar-refractivity contribution >= 4 is 11.6 Å². The van der Waals surface area contributed by atoms with Gasteiger partial charge in [-0.05, 0) is 51.2 Å². The molecule has 2 heterocycles. The number of anilines is 1. The highest BCUT2D eigenvalue weighted by molar-refractivity contribution is 5.64. The molecule has 5 N–H and O–H groups in total. The smallest absolute Gasteiger partial charge is 0.226 e. The summed E-state index contributed by atoms with van der Waals surface area (Å²) in [7, 11) is 1.74. The molecular weight excluding hydrogens is 406 g/mol. The van der Waals surface area contributed by atoms with Crippen LogP contribution in [0.25, 0.3) is 5.70 Å². The van der Waals surface area contributed by atoms with Crippen LogP contribution in [0.4, 0.5) is 5.95 Å². The Kier molecular flexibility index (Phi) is 8.49. The molecule has 0 radical (unpaired) electrons. The molecule has 0 aromatic carbocycles. The molecule has 174 valence electrons. The van der Waals surface area contributed by atoms with Crippen molar-refractivity contribution in [2.45, 2.75) is 58.5 Å². The SMILES string of the molecule is CCCOc1ccnc(NC/C(=C(/N)c2ccc(OC3CCCCC3)c(C)n2)N(C)N)n1. The Hall–Kier alpha value is -3.07. The van der Waals surface area contributed by atoms with Gasteiger partial charge in [0, 0.05) is 19.3 Å². The summed E-state index contributed by atoms with van der Waals surface area (Å²) >= 11 is 0. The lowest BCUT2D eigenvalue weighted by Crippen LogP contribution is -2.32. The van der Waals surface area contributed by atoms with E-state index in [-0.39, 0.29) is 6.10 Å². The maximum Gasteiger partial charge on any atom is 0.226 e. The highest BCUT2D eigenvalue weighted by atomic mass is 16.5. The van der Waals surface area contributed by atoms with Crippen LogP contribution in [0, 0.1) is 6.92 Å². The van der Waals surface area contributed by atoms with E-state index in [4.69, 9.17) is 21.1 Å². The molecule has 32 heavy (non-hydrogen) atoms. The van der Waals surface area contributed by atoms with Gasteiger partial charge >= 0.3 is 0 Å². The molecule has 2 aromatic rings. The lowest BCUT2D eigenvalue weighted by molar-refractivity contribution is 0.153. The molecule has 0 spiro atoms. The quantitative estimate of drug-likeness (QED) is 0.376. The fourth-order valence-electron chi connectivity index (χ4n) is 3.62. The van der Waals surface area contributed by atoms with Crippen LogP contribution in [0.15, 0.2) is 30.1 Å². The van der Waals surface area contributed by atoms with Gasteiger partial charge in [-0.2, -0.15) is 4.98 Å². The van der Waals surface area contributed by atoms with E-state index in [1.165, 1.54) is 24.3 Å². The number of ether oxygens (including phenoxy) is 2. The van der Waals surface area contributed by atoms with Crippen LogP contribution in [0.5, 0.6) is 11.6 Å². The Morgan fingerprint density at radius 2 is 1.97 bits per heavy atom. The van der Waals surface area contributed by atoms with Gasteiger partial charge in [-0.25, -0.2) is 15.8 Å². The van der Waals surface area contributed by atoms with E-state index < -0.39 is 0 Å². The monoisotopic (exact) mass is 441 g/mol. The van der Waals surface area contributed by atoms with Gasteiger partial charge in [0.05, 0.1) is 42.0 Å². The van der Waals surface area contributed by atoms with E-state index in [0.717, 1.165) is 30.7 Å². The average Bonchev–Trinajstić information content (AvgIpc) is 2.80. The van der Waals surface area contributed by atoms with Crippen LogP contribution in [-0.4, -0.2) is 46.3 Å². The fraction of sp³-hybridized carbons (Fsp3) is 0.522. The minimum absolute atomic E-state index is 0.273. The van der Waals surface area contributed by atoms with Crippen LogP contribution in [0.3, 0.4) is 0 Å². The van der Waals surface area contributed by atoms with Crippen LogP contribution in [0.1, 0.15) is 56.8 Å². The van der Waals surface area contributed by atoms with Crippen molar-refractivity contribution in [3.05, 3.63) is 41.5 Å². The number of hydrogen-bond donors (Lipinski definition) is 3. The molecule has 1 aliphatic rings. The van der Waals surface area contributed by atoms with Crippen LogP contribution in [-0.2, 0) is 0 Å². The van der Waals surface area contributed by atoms with Crippen LogP contribution in [0.2, 0.25) is 0 Å². The van der Waals surface area contributed by atoms with Gasteiger partial charge in [0.25, 0.3) is 0 Å². The number of nitrogens with zero attached hydrogens (tertiary/aromatic N) is 4. The number of hydrazine groups is 1. The van der Waals surface area contributed by atoms with Crippen molar-refractivity contribution in [3.8, 4) is 11.6 Å². The summed E-state index contributed by atoms with van der Waals surface area (Å²) in [6, 6.07) is 5.54. The maximum absolute atomic E-state index is 6.45. The summed E-state index contributed by atoms with van der Waals surface area (Å²) in [6.07, 6.45) is 8.77. The molecule has 0 amide bonds. The molecule has 0 bridgehead atoms. The Morgan fingerprint density at radius 3 is 2.66 bits per heavy atom. The van der Waals surface area contributed by atoms with E-state index in [1.54, 1.807) is 19.3 Å². The first-order chi connectivity index (χ1) is 15.5. The summed E-state index contributed by atoms with van der Waals surface area (Å²) < 4.78 is 11.7. The number of rotatable bonds is 10. The molecule has 2 aromatic heterocycles. The predicted octanol–water partition coefficient (Wildman–Crippen LogP) is 3.23. The first kappa shape index (κ1) is 23.6. The lowest BCUT2D eigenvalue weighted by atomic mass is 9.98. The number of nitrogens with two attached hydrogens (primary N) is 2. The molecule has 0 saturated heterocycles. The Morgan fingerprint density at radius 1 is 1.19 bits per heavy atom. The van der Waals surface area contributed by atoms with E-state index in [9.17, 15) is 0 Å². The summed E-state index contributed by atoms with van der Waals surface area (Å²) in [5.74, 6) is 7.83. The summed E-state index contributed by atoms with van der Waals surface area (Å²) in [6.45, 7) is 4.92. The lowest BCUT2D eigenvalue weighted by Gasteiger charge is -2.24. The molecule has 0 unspecified atom stereocenters. The van der Waals surface area contributed by atoms with Crippen LogP contribution < -0.4 is 26.4 Å². The van der Waals surface area contributed by atoms with E-state index in [0.29, 0.717) is 42.1 Å². The first-order valence-corrected chi connectivity index (χ1v) is 11.3. The van der Waals surface area contributed by atoms with Crippen molar-refractivity contribution < 1.29 is 9.47 Å². The zero-order valence-electron chi connectivity index (χ0n) is 19.3. The van der Waals surface area contributed by atoms with Gasteiger partial charge in [-0.3, -0.25) is 0 Å². The third-order valence-electron chi connectivity index (χ3n) is 5.39. The highest BCUT2D eigenvalue weighted by Crippen LogP contribution is 2.26. The van der Waals surface area contributed by atoms with Gasteiger partial charge in [0.1, 0.15) is 5.75 Å². The van der Waals surface area contributed by atoms with E-state index in [2.05, 4.69) is 20.3 Å². The van der Waals surface area contributed by atoms with Gasteiger partial charge in [0.2, 0.25) is 11.8 Å². The molecule has 9 nitrogen and oxygen atoms in total. The fourth-order valence-corrected chi connectivity index (χ4v) is 3.62. The van der Waals surface area contributed by atoms with Crippen molar-refractivity contribution in [2.75, 3.05) is 25.5 Å². The van der Waals surface area contributed by atoms with Gasteiger partial charge in [-0.15, -0.1) is 0 Å².